The normalized spacial score (nSPS) is 24.4. The second-order valence-corrected chi connectivity index (χ2v) is 8.72. The maximum absolute atomic E-state index is 13.3. The molecule has 4 rings (SSSR count). The van der Waals surface area contributed by atoms with Crippen molar-refractivity contribution in [3.63, 3.8) is 0 Å². The van der Waals surface area contributed by atoms with Crippen molar-refractivity contribution in [1.29, 1.82) is 0 Å². The Hall–Kier alpha value is -1.40. The zero-order valence-corrected chi connectivity index (χ0v) is 17.8. The third-order valence-corrected chi connectivity index (χ3v) is 6.97. The number of piperidine rings is 1. The molecule has 0 saturated carbocycles. The predicted octanol–water partition coefficient (Wildman–Crippen LogP) is 2.41. The van der Waals surface area contributed by atoms with Gasteiger partial charge in [-0.3, -0.25) is 14.4 Å². The highest BCUT2D eigenvalue weighted by molar-refractivity contribution is 5.94. The van der Waals surface area contributed by atoms with E-state index in [4.69, 9.17) is 5.10 Å². The lowest BCUT2D eigenvalue weighted by Gasteiger charge is -2.40. The molecule has 1 aromatic heterocycles. The molecule has 6 nitrogen and oxygen atoms in total. The van der Waals surface area contributed by atoms with Gasteiger partial charge >= 0.3 is 0 Å². The summed E-state index contributed by atoms with van der Waals surface area (Å²) in [5.41, 5.74) is 3.37. The fourth-order valence-electron chi connectivity index (χ4n) is 5.24. The number of likely N-dealkylation sites (N-methyl/N-ethyl adjacent to an activating group) is 1. The number of aromatic nitrogens is 2. The largest absolute Gasteiger partial charge is 0.337 e. The molecule has 2 fully saturated rings. The third kappa shape index (κ3) is 3.99. The summed E-state index contributed by atoms with van der Waals surface area (Å²) in [5.74, 6) is 0.183. The molecule has 0 N–H and O–H groups in total. The van der Waals surface area contributed by atoms with E-state index in [1.54, 1.807) is 0 Å². The topological polar surface area (TPSA) is 44.6 Å². The highest BCUT2D eigenvalue weighted by Gasteiger charge is 2.34. The Bertz CT molecular complexity index is 671. The van der Waals surface area contributed by atoms with Crippen LogP contribution >= 0.6 is 0 Å². The zero-order chi connectivity index (χ0) is 19.5. The average Bonchev–Trinajstić information content (AvgIpc) is 3.12. The van der Waals surface area contributed by atoms with Crippen molar-refractivity contribution in [2.75, 3.05) is 45.8 Å². The molecule has 0 radical (unpaired) electrons. The van der Waals surface area contributed by atoms with Crippen LogP contribution in [-0.2, 0) is 19.4 Å². The monoisotopic (exact) mass is 387 g/mol. The standard InChI is InChI=1S/C22H37N5O/c1-3-10-27-20-9-8-18(25-15-13-24(4-2)14-16-25)17-19(20)21(23-27)22(28)26-11-6-5-7-12-26/h18H,3-17H2,1-2H3. The smallest absolute Gasteiger partial charge is 0.274 e. The van der Waals surface area contributed by atoms with Gasteiger partial charge in [-0.05, 0) is 51.5 Å². The van der Waals surface area contributed by atoms with Gasteiger partial charge in [0.1, 0.15) is 0 Å². The number of piperazine rings is 1. The number of nitrogens with zero attached hydrogens (tertiary/aromatic N) is 5. The Kier molecular flexibility index (Phi) is 6.36. The summed E-state index contributed by atoms with van der Waals surface area (Å²) in [6, 6.07) is 0.568. The number of fused-ring (bicyclic) bond motifs is 1. The van der Waals surface area contributed by atoms with Gasteiger partial charge in [0.25, 0.3) is 5.91 Å². The number of likely N-dealkylation sites (tertiary alicyclic amines) is 1. The summed E-state index contributed by atoms with van der Waals surface area (Å²) in [7, 11) is 0. The van der Waals surface area contributed by atoms with Gasteiger partial charge in [0.15, 0.2) is 5.69 Å². The van der Waals surface area contributed by atoms with Crippen LogP contribution < -0.4 is 0 Å². The van der Waals surface area contributed by atoms with Gasteiger partial charge < -0.3 is 9.80 Å². The van der Waals surface area contributed by atoms with Crippen LogP contribution in [0.15, 0.2) is 0 Å². The molecule has 0 bridgehead atoms. The number of carbonyl (C=O) groups excluding carboxylic acids is 1. The zero-order valence-electron chi connectivity index (χ0n) is 17.8. The Labute approximate surface area is 169 Å². The number of carbonyl (C=O) groups is 1. The van der Waals surface area contributed by atoms with Gasteiger partial charge in [0.2, 0.25) is 0 Å². The molecular formula is C22H37N5O. The van der Waals surface area contributed by atoms with Crippen LogP contribution in [0.3, 0.4) is 0 Å². The van der Waals surface area contributed by atoms with Crippen LogP contribution in [0, 0.1) is 0 Å². The first kappa shape index (κ1) is 19.9. The van der Waals surface area contributed by atoms with Crippen molar-refractivity contribution in [3.8, 4) is 0 Å². The Morgan fingerprint density at radius 3 is 2.46 bits per heavy atom. The van der Waals surface area contributed by atoms with Crippen LogP contribution in [-0.4, -0.2) is 82.2 Å². The molecule has 6 heteroatoms. The summed E-state index contributed by atoms with van der Waals surface area (Å²) in [5, 5.41) is 4.86. The van der Waals surface area contributed by atoms with Crippen molar-refractivity contribution >= 4 is 5.91 Å². The number of amides is 1. The third-order valence-electron chi connectivity index (χ3n) is 6.97. The molecular weight excluding hydrogens is 350 g/mol. The Balaban J connectivity index is 1.54. The van der Waals surface area contributed by atoms with E-state index >= 15 is 0 Å². The molecule has 2 aliphatic heterocycles. The molecule has 28 heavy (non-hydrogen) atoms. The van der Waals surface area contributed by atoms with E-state index in [0.29, 0.717) is 6.04 Å². The lowest BCUT2D eigenvalue weighted by molar-refractivity contribution is 0.0713. The van der Waals surface area contributed by atoms with E-state index in [0.717, 1.165) is 77.1 Å². The van der Waals surface area contributed by atoms with Crippen LogP contribution in [0.25, 0.3) is 0 Å². The average molecular weight is 388 g/mol. The van der Waals surface area contributed by atoms with Crippen LogP contribution in [0.1, 0.15) is 67.7 Å². The molecule has 3 heterocycles. The molecule has 1 atom stereocenters. The SMILES string of the molecule is CCCn1nc(C(=O)N2CCCCC2)c2c1CCC(N1CCN(CC)CC1)C2. The van der Waals surface area contributed by atoms with Gasteiger partial charge in [-0.25, -0.2) is 0 Å². The number of aryl methyl sites for hydroxylation is 1. The van der Waals surface area contributed by atoms with Gasteiger partial charge in [-0.15, -0.1) is 0 Å². The molecule has 1 amide bonds. The van der Waals surface area contributed by atoms with Gasteiger partial charge in [-0.2, -0.15) is 5.10 Å². The number of rotatable bonds is 5. The van der Waals surface area contributed by atoms with Crippen molar-refractivity contribution in [2.24, 2.45) is 0 Å². The van der Waals surface area contributed by atoms with Gasteiger partial charge in [0.05, 0.1) is 0 Å². The lowest BCUT2D eigenvalue weighted by atomic mass is 9.89. The first-order chi connectivity index (χ1) is 13.7. The van der Waals surface area contributed by atoms with Crippen LogP contribution in [0.2, 0.25) is 0 Å². The first-order valence-corrected chi connectivity index (χ1v) is 11.6. The Morgan fingerprint density at radius 2 is 1.79 bits per heavy atom. The van der Waals surface area contributed by atoms with Crippen molar-refractivity contribution in [1.82, 2.24) is 24.5 Å². The highest BCUT2D eigenvalue weighted by atomic mass is 16.2. The van der Waals surface area contributed by atoms with Crippen LogP contribution in [0.4, 0.5) is 0 Å². The minimum absolute atomic E-state index is 0.183. The molecule has 0 spiro atoms. The van der Waals surface area contributed by atoms with Gasteiger partial charge in [0, 0.05) is 63.1 Å². The minimum Gasteiger partial charge on any atom is -0.337 e. The number of hydrogen-bond donors (Lipinski definition) is 0. The summed E-state index contributed by atoms with van der Waals surface area (Å²) < 4.78 is 2.15. The van der Waals surface area contributed by atoms with Crippen molar-refractivity contribution < 1.29 is 4.79 Å². The molecule has 3 aliphatic rings. The molecule has 0 aromatic carbocycles. The maximum Gasteiger partial charge on any atom is 0.274 e. The first-order valence-electron chi connectivity index (χ1n) is 11.6. The fraction of sp³-hybridized carbons (Fsp3) is 0.818. The summed E-state index contributed by atoms with van der Waals surface area (Å²) in [4.78, 5) is 20.5. The van der Waals surface area contributed by atoms with E-state index in [2.05, 4.69) is 28.3 Å². The van der Waals surface area contributed by atoms with Crippen molar-refractivity contribution in [2.45, 2.75) is 71.4 Å². The predicted molar refractivity (Wildman–Crippen MR) is 112 cm³/mol. The van der Waals surface area contributed by atoms with E-state index in [1.165, 1.54) is 37.2 Å². The van der Waals surface area contributed by atoms with E-state index in [9.17, 15) is 4.79 Å². The molecule has 1 aliphatic carbocycles. The highest BCUT2D eigenvalue weighted by Crippen LogP contribution is 2.29. The Morgan fingerprint density at radius 1 is 1.04 bits per heavy atom. The second kappa shape index (κ2) is 8.95. The maximum atomic E-state index is 13.3. The summed E-state index contributed by atoms with van der Waals surface area (Å²) in [6.45, 7) is 13.0. The lowest BCUT2D eigenvalue weighted by Crippen LogP contribution is -2.51. The second-order valence-electron chi connectivity index (χ2n) is 8.72. The molecule has 2 saturated heterocycles. The van der Waals surface area contributed by atoms with Crippen molar-refractivity contribution in [3.05, 3.63) is 17.0 Å². The van der Waals surface area contributed by atoms with Gasteiger partial charge in [-0.1, -0.05) is 13.8 Å². The molecule has 1 unspecified atom stereocenters. The number of hydrogen-bond acceptors (Lipinski definition) is 4. The van der Waals surface area contributed by atoms with E-state index in [-0.39, 0.29) is 5.91 Å². The van der Waals surface area contributed by atoms with E-state index in [1.807, 2.05) is 4.90 Å². The summed E-state index contributed by atoms with van der Waals surface area (Å²) in [6.07, 6.45) is 7.84. The minimum atomic E-state index is 0.183. The fourth-order valence-corrected chi connectivity index (χ4v) is 5.24. The molecule has 156 valence electrons. The quantitative estimate of drug-likeness (QED) is 0.778. The molecule has 1 aromatic rings. The van der Waals surface area contributed by atoms with Crippen LogP contribution in [0.5, 0.6) is 0 Å². The van der Waals surface area contributed by atoms with E-state index < -0.39 is 0 Å². The summed E-state index contributed by atoms with van der Waals surface area (Å²) >= 11 is 0.